The van der Waals surface area contributed by atoms with Crippen LogP contribution in [0.3, 0.4) is 0 Å². The van der Waals surface area contributed by atoms with E-state index in [1.807, 2.05) is 55.5 Å². The van der Waals surface area contributed by atoms with Gasteiger partial charge in [-0.3, -0.25) is 4.79 Å². The Morgan fingerprint density at radius 3 is 2.76 bits per heavy atom. The Labute approximate surface area is 144 Å². The number of amides is 1. The highest BCUT2D eigenvalue weighted by molar-refractivity contribution is 6.03. The summed E-state index contributed by atoms with van der Waals surface area (Å²) in [5, 5.41) is 2.86. The molecule has 2 aromatic heterocycles. The summed E-state index contributed by atoms with van der Waals surface area (Å²) in [6.07, 6.45) is 1.38. The summed E-state index contributed by atoms with van der Waals surface area (Å²) >= 11 is 0. The van der Waals surface area contributed by atoms with Crippen molar-refractivity contribution in [3.63, 3.8) is 0 Å². The maximum absolute atomic E-state index is 12.3. The number of nitrogens with zero attached hydrogens (tertiary/aromatic N) is 3. The molecule has 0 radical (unpaired) electrons. The minimum absolute atomic E-state index is 0.271. The van der Waals surface area contributed by atoms with Gasteiger partial charge in [0.2, 0.25) is 0 Å². The van der Waals surface area contributed by atoms with Crippen LogP contribution < -0.4 is 5.32 Å². The maximum atomic E-state index is 12.3. The molecule has 0 aliphatic heterocycles. The number of anilines is 1. The number of imidazole rings is 1. The van der Waals surface area contributed by atoms with Crippen LogP contribution in [-0.4, -0.2) is 25.8 Å². The molecular formula is C19H15N5O. The Bertz CT molecular complexity index is 1040. The molecule has 6 heteroatoms. The van der Waals surface area contributed by atoms with Crippen LogP contribution in [0.5, 0.6) is 0 Å². The van der Waals surface area contributed by atoms with Crippen molar-refractivity contribution in [3.05, 3.63) is 72.3 Å². The van der Waals surface area contributed by atoms with E-state index in [-0.39, 0.29) is 5.91 Å². The number of aryl methyl sites for hydroxylation is 1. The number of nitrogens with one attached hydrogen (secondary N) is 2. The lowest BCUT2D eigenvalue weighted by Gasteiger charge is -2.06. The molecule has 0 aliphatic carbocycles. The molecule has 2 aromatic carbocycles. The second-order valence-corrected chi connectivity index (χ2v) is 5.68. The first-order valence-corrected chi connectivity index (χ1v) is 7.84. The van der Waals surface area contributed by atoms with E-state index in [4.69, 9.17) is 0 Å². The predicted molar refractivity (Wildman–Crippen MR) is 96.3 cm³/mol. The lowest BCUT2D eigenvalue weighted by molar-refractivity contribution is 0.102. The van der Waals surface area contributed by atoms with Gasteiger partial charge < -0.3 is 10.3 Å². The molecule has 2 N–H and O–H groups in total. The Kier molecular flexibility index (Phi) is 3.70. The fourth-order valence-corrected chi connectivity index (χ4v) is 2.61. The third-order valence-electron chi connectivity index (χ3n) is 3.82. The Morgan fingerprint density at radius 1 is 1.04 bits per heavy atom. The number of carbonyl (C=O) groups excluding carboxylic acids is 1. The van der Waals surface area contributed by atoms with E-state index < -0.39 is 0 Å². The van der Waals surface area contributed by atoms with Gasteiger partial charge in [0.05, 0.1) is 11.0 Å². The molecule has 2 heterocycles. The first kappa shape index (κ1) is 15.0. The Balaban J connectivity index is 1.62. The monoisotopic (exact) mass is 329 g/mol. The molecule has 1 amide bonds. The van der Waals surface area contributed by atoms with E-state index in [0.29, 0.717) is 11.4 Å². The summed E-state index contributed by atoms with van der Waals surface area (Å²) in [4.78, 5) is 28.2. The molecule has 4 rings (SSSR count). The van der Waals surface area contributed by atoms with E-state index in [2.05, 4.69) is 25.3 Å². The standard InChI is InChI=1S/C19H15N5O/c1-12-9-17(21-11-20-12)19(25)22-14-6-4-5-13(10-14)18-23-15-7-2-3-8-16(15)24-18/h2-11H,1H3,(H,22,25)(H,23,24). The van der Waals surface area contributed by atoms with Gasteiger partial charge in [0.15, 0.2) is 0 Å². The largest absolute Gasteiger partial charge is 0.338 e. The molecule has 0 spiro atoms. The van der Waals surface area contributed by atoms with Gasteiger partial charge in [-0.25, -0.2) is 15.0 Å². The van der Waals surface area contributed by atoms with Gasteiger partial charge in [0, 0.05) is 16.9 Å². The molecule has 25 heavy (non-hydrogen) atoms. The number of fused-ring (bicyclic) bond motifs is 1. The number of hydrogen-bond donors (Lipinski definition) is 2. The molecule has 4 aromatic rings. The van der Waals surface area contributed by atoms with Crippen molar-refractivity contribution in [1.82, 2.24) is 19.9 Å². The van der Waals surface area contributed by atoms with E-state index >= 15 is 0 Å². The van der Waals surface area contributed by atoms with Crippen molar-refractivity contribution in [2.45, 2.75) is 6.92 Å². The average molecular weight is 329 g/mol. The smallest absolute Gasteiger partial charge is 0.274 e. The van der Waals surface area contributed by atoms with Crippen LogP contribution in [0.1, 0.15) is 16.2 Å². The van der Waals surface area contributed by atoms with Crippen molar-refractivity contribution in [2.75, 3.05) is 5.32 Å². The molecule has 6 nitrogen and oxygen atoms in total. The van der Waals surface area contributed by atoms with Crippen LogP contribution in [0, 0.1) is 6.92 Å². The Hall–Kier alpha value is -3.54. The van der Waals surface area contributed by atoms with E-state index in [0.717, 1.165) is 28.1 Å². The molecule has 0 atom stereocenters. The van der Waals surface area contributed by atoms with Crippen LogP contribution >= 0.6 is 0 Å². The van der Waals surface area contributed by atoms with E-state index in [9.17, 15) is 4.79 Å². The van der Waals surface area contributed by atoms with Gasteiger partial charge in [-0.05, 0) is 37.3 Å². The van der Waals surface area contributed by atoms with Crippen molar-refractivity contribution >= 4 is 22.6 Å². The number of hydrogen-bond acceptors (Lipinski definition) is 4. The van der Waals surface area contributed by atoms with Crippen molar-refractivity contribution < 1.29 is 4.79 Å². The Morgan fingerprint density at radius 2 is 1.92 bits per heavy atom. The van der Waals surface area contributed by atoms with Crippen LogP contribution in [-0.2, 0) is 0 Å². The molecular weight excluding hydrogens is 314 g/mol. The van der Waals surface area contributed by atoms with Crippen LogP contribution in [0.15, 0.2) is 60.9 Å². The van der Waals surface area contributed by atoms with Gasteiger partial charge in [0.25, 0.3) is 5.91 Å². The second-order valence-electron chi connectivity index (χ2n) is 5.68. The number of carbonyl (C=O) groups is 1. The lowest BCUT2D eigenvalue weighted by Crippen LogP contribution is -2.14. The number of aromatic nitrogens is 4. The quantitative estimate of drug-likeness (QED) is 0.602. The summed E-state index contributed by atoms with van der Waals surface area (Å²) < 4.78 is 0. The van der Waals surface area contributed by atoms with Gasteiger partial charge in [-0.15, -0.1) is 0 Å². The predicted octanol–water partition coefficient (Wildman–Crippen LogP) is 3.58. The fraction of sp³-hybridized carbons (Fsp3) is 0.0526. The van der Waals surface area contributed by atoms with Gasteiger partial charge in [0.1, 0.15) is 17.8 Å². The number of aromatic amines is 1. The average Bonchev–Trinajstić information content (AvgIpc) is 3.06. The number of rotatable bonds is 3. The molecule has 0 saturated carbocycles. The van der Waals surface area contributed by atoms with Gasteiger partial charge in [-0.2, -0.15) is 0 Å². The molecule has 122 valence electrons. The van der Waals surface area contributed by atoms with Gasteiger partial charge >= 0.3 is 0 Å². The van der Waals surface area contributed by atoms with Crippen LogP contribution in [0.2, 0.25) is 0 Å². The molecule has 0 bridgehead atoms. The summed E-state index contributed by atoms with van der Waals surface area (Å²) in [6.45, 7) is 1.82. The highest BCUT2D eigenvalue weighted by Crippen LogP contribution is 2.23. The third-order valence-corrected chi connectivity index (χ3v) is 3.82. The molecule has 0 unspecified atom stereocenters. The highest BCUT2D eigenvalue weighted by Gasteiger charge is 2.10. The minimum atomic E-state index is -0.271. The number of para-hydroxylation sites is 2. The summed E-state index contributed by atoms with van der Waals surface area (Å²) in [6, 6.07) is 17.0. The van der Waals surface area contributed by atoms with Crippen LogP contribution in [0.25, 0.3) is 22.4 Å². The first-order valence-electron chi connectivity index (χ1n) is 7.84. The summed E-state index contributed by atoms with van der Waals surface area (Å²) in [5.41, 5.74) is 4.54. The minimum Gasteiger partial charge on any atom is -0.338 e. The van der Waals surface area contributed by atoms with E-state index in [1.165, 1.54) is 6.33 Å². The molecule has 0 fully saturated rings. The third kappa shape index (κ3) is 3.10. The molecule has 0 saturated heterocycles. The zero-order valence-electron chi connectivity index (χ0n) is 13.5. The lowest BCUT2D eigenvalue weighted by atomic mass is 10.2. The van der Waals surface area contributed by atoms with Crippen molar-refractivity contribution in [2.24, 2.45) is 0 Å². The van der Waals surface area contributed by atoms with Gasteiger partial charge in [-0.1, -0.05) is 24.3 Å². The number of benzene rings is 2. The zero-order valence-corrected chi connectivity index (χ0v) is 13.5. The van der Waals surface area contributed by atoms with Crippen molar-refractivity contribution in [3.8, 4) is 11.4 Å². The fourth-order valence-electron chi connectivity index (χ4n) is 2.61. The topological polar surface area (TPSA) is 83.6 Å². The summed E-state index contributed by atoms with van der Waals surface area (Å²) in [7, 11) is 0. The van der Waals surface area contributed by atoms with Crippen molar-refractivity contribution in [1.29, 1.82) is 0 Å². The summed E-state index contributed by atoms with van der Waals surface area (Å²) in [5.74, 6) is 0.488. The van der Waals surface area contributed by atoms with E-state index in [1.54, 1.807) is 6.07 Å². The maximum Gasteiger partial charge on any atom is 0.274 e. The zero-order chi connectivity index (χ0) is 17.2. The number of H-pyrrole nitrogens is 1. The second kappa shape index (κ2) is 6.16. The first-order chi connectivity index (χ1) is 12.2. The molecule has 0 aliphatic rings. The van der Waals surface area contributed by atoms with Crippen LogP contribution in [0.4, 0.5) is 5.69 Å². The highest BCUT2D eigenvalue weighted by atomic mass is 16.1. The normalized spacial score (nSPS) is 10.8. The SMILES string of the molecule is Cc1cc(C(=O)Nc2cccc(-c3nc4ccccc4[nH]3)c2)ncn1.